The summed E-state index contributed by atoms with van der Waals surface area (Å²) in [5.74, 6) is 0.849. The lowest BCUT2D eigenvalue weighted by atomic mass is 9.87. The van der Waals surface area contributed by atoms with Gasteiger partial charge in [-0.15, -0.1) is 24.0 Å². The van der Waals surface area contributed by atoms with Gasteiger partial charge in [-0.05, 0) is 38.8 Å². The molecule has 0 radical (unpaired) electrons. The fraction of sp³-hybridized carbons (Fsp3) is 0.632. The Morgan fingerprint density at radius 3 is 2.92 bits per heavy atom. The highest BCUT2D eigenvalue weighted by molar-refractivity contribution is 14.0. The van der Waals surface area contributed by atoms with Gasteiger partial charge in [-0.1, -0.05) is 12.1 Å². The summed E-state index contributed by atoms with van der Waals surface area (Å²) >= 11 is 0. The molecular weight excluding hydrogens is 448 g/mol. The summed E-state index contributed by atoms with van der Waals surface area (Å²) in [6, 6.07) is 6.48. The second kappa shape index (κ2) is 9.73. The molecule has 0 saturated carbocycles. The van der Waals surface area contributed by atoms with Crippen LogP contribution in [0.2, 0.25) is 0 Å². The molecule has 26 heavy (non-hydrogen) atoms. The number of guanidine groups is 1. The Bertz CT molecular complexity index is 608. The third-order valence-electron chi connectivity index (χ3n) is 4.92. The minimum Gasteiger partial charge on any atom is -0.486 e. The van der Waals surface area contributed by atoms with Crippen molar-refractivity contribution in [3.63, 3.8) is 0 Å². The van der Waals surface area contributed by atoms with E-state index in [0.29, 0.717) is 12.0 Å². The number of benzene rings is 1. The number of aliphatic imine (C=N–C) groups is 1. The van der Waals surface area contributed by atoms with Crippen LogP contribution in [0.15, 0.2) is 29.3 Å². The summed E-state index contributed by atoms with van der Waals surface area (Å²) in [5.41, 5.74) is 0.297. The Labute approximate surface area is 172 Å². The Hall–Kier alpha value is -1.09. The number of rotatable bonds is 5. The van der Waals surface area contributed by atoms with Gasteiger partial charge in [-0.25, -0.2) is 9.38 Å². The Kier molecular flexibility index (Phi) is 7.94. The normalized spacial score (nSPS) is 23.8. The summed E-state index contributed by atoms with van der Waals surface area (Å²) in [6.45, 7) is 9.00. The van der Waals surface area contributed by atoms with Crippen LogP contribution >= 0.6 is 24.0 Å². The molecule has 1 aromatic rings. The van der Waals surface area contributed by atoms with Crippen molar-refractivity contribution in [1.29, 1.82) is 0 Å². The van der Waals surface area contributed by atoms with E-state index in [1.54, 1.807) is 18.2 Å². The zero-order chi connectivity index (χ0) is 17.7. The Balaban J connectivity index is 0.00000243. The van der Waals surface area contributed by atoms with Crippen molar-refractivity contribution in [2.24, 2.45) is 10.4 Å². The van der Waals surface area contributed by atoms with Gasteiger partial charge in [0.1, 0.15) is 6.10 Å². The van der Waals surface area contributed by atoms with Crippen LogP contribution in [0.3, 0.4) is 0 Å². The molecule has 2 unspecified atom stereocenters. The fourth-order valence-electron chi connectivity index (χ4n) is 3.52. The number of nitrogens with zero attached hydrogens (tertiary/aromatic N) is 2. The minimum absolute atomic E-state index is 0. The summed E-state index contributed by atoms with van der Waals surface area (Å²) in [5, 5.41) is 3.37. The zero-order valence-corrected chi connectivity index (χ0v) is 17.9. The number of hydrogen-bond donors (Lipinski definition) is 1. The third-order valence-corrected chi connectivity index (χ3v) is 4.92. The SMILES string of the molecule is CCNC(=NCC(C)Oc1ccccc1F)N1CCC2(CCOC2)C1.I. The maximum absolute atomic E-state index is 13.7. The first-order valence-corrected chi connectivity index (χ1v) is 9.14. The van der Waals surface area contributed by atoms with Gasteiger partial charge in [-0.3, -0.25) is 0 Å². The summed E-state index contributed by atoms with van der Waals surface area (Å²) in [4.78, 5) is 7.03. The molecule has 2 fully saturated rings. The lowest BCUT2D eigenvalue weighted by Crippen LogP contribution is -2.42. The molecule has 0 aliphatic carbocycles. The molecule has 2 aliphatic heterocycles. The maximum Gasteiger partial charge on any atom is 0.194 e. The van der Waals surface area contributed by atoms with Gasteiger partial charge >= 0.3 is 0 Å². The lowest BCUT2D eigenvalue weighted by Gasteiger charge is -2.25. The van der Waals surface area contributed by atoms with Crippen LogP contribution in [-0.2, 0) is 4.74 Å². The maximum atomic E-state index is 13.7. The van der Waals surface area contributed by atoms with Gasteiger partial charge in [0.2, 0.25) is 0 Å². The highest BCUT2D eigenvalue weighted by Gasteiger charge is 2.42. The highest BCUT2D eigenvalue weighted by Crippen LogP contribution is 2.38. The Morgan fingerprint density at radius 1 is 1.42 bits per heavy atom. The van der Waals surface area contributed by atoms with Crippen molar-refractivity contribution in [1.82, 2.24) is 10.2 Å². The van der Waals surface area contributed by atoms with E-state index in [9.17, 15) is 4.39 Å². The molecule has 146 valence electrons. The molecule has 2 aliphatic rings. The Morgan fingerprint density at radius 2 is 2.23 bits per heavy atom. The van der Waals surface area contributed by atoms with Gasteiger partial charge in [0.15, 0.2) is 17.5 Å². The largest absolute Gasteiger partial charge is 0.486 e. The zero-order valence-electron chi connectivity index (χ0n) is 15.5. The number of ether oxygens (including phenoxy) is 2. The van der Waals surface area contributed by atoms with Crippen LogP contribution in [0.5, 0.6) is 5.75 Å². The fourth-order valence-corrected chi connectivity index (χ4v) is 3.52. The summed E-state index contributed by atoms with van der Waals surface area (Å²) < 4.78 is 25.0. The van der Waals surface area contributed by atoms with Crippen LogP contribution in [0, 0.1) is 11.2 Å². The van der Waals surface area contributed by atoms with E-state index in [1.165, 1.54) is 6.07 Å². The van der Waals surface area contributed by atoms with Crippen molar-refractivity contribution < 1.29 is 13.9 Å². The molecule has 1 aromatic carbocycles. The molecule has 2 atom stereocenters. The van der Waals surface area contributed by atoms with E-state index >= 15 is 0 Å². The van der Waals surface area contributed by atoms with Crippen LogP contribution in [0.1, 0.15) is 26.7 Å². The van der Waals surface area contributed by atoms with Crippen molar-refractivity contribution in [2.75, 3.05) is 39.4 Å². The molecule has 0 bridgehead atoms. The van der Waals surface area contributed by atoms with E-state index in [1.807, 2.05) is 6.92 Å². The molecule has 1 spiro atoms. The average molecular weight is 477 g/mol. The summed E-state index contributed by atoms with van der Waals surface area (Å²) in [6.07, 6.45) is 2.09. The molecule has 0 amide bonds. The predicted octanol–water partition coefficient (Wildman–Crippen LogP) is 3.29. The topological polar surface area (TPSA) is 46.1 Å². The monoisotopic (exact) mass is 477 g/mol. The number of para-hydroxylation sites is 1. The van der Waals surface area contributed by atoms with E-state index in [2.05, 4.69) is 17.1 Å². The van der Waals surface area contributed by atoms with E-state index in [-0.39, 0.29) is 41.6 Å². The van der Waals surface area contributed by atoms with Crippen molar-refractivity contribution in [2.45, 2.75) is 32.8 Å². The van der Waals surface area contributed by atoms with Crippen LogP contribution in [0.25, 0.3) is 0 Å². The number of halogens is 2. The van der Waals surface area contributed by atoms with Crippen LogP contribution in [0.4, 0.5) is 4.39 Å². The molecular formula is C19H29FIN3O2. The molecule has 0 aromatic heterocycles. The third kappa shape index (κ3) is 5.22. The second-order valence-corrected chi connectivity index (χ2v) is 7.03. The lowest BCUT2D eigenvalue weighted by molar-refractivity contribution is 0.156. The molecule has 2 heterocycles. The van der Waals surface area contributed by atoms with Crippen molar-refractivity contribution in [3.05, 3.63) is 30.1 Å². The number of nitrogens with one attached hydrogen (secondary N) is 1. The second-order valence-electron chi connectivity index (χ2n) is 7.03. The minimum atomic E-state index is -0.340. The first-order chi connectivity index (χ1) is 12.1. The van der Waals surface area contributed by atoms with E-state index in [0.717, 1.165) is 51.6 Å². The smallest absolute Gasteiger partial charge is 0.194 e. The first-order valence-electron chi connectivity index (χ1n) is 9.14. The van der Waals surface area contributed by atoms with Gasteiger partial charge in [0, 0.05) is 31.7 Å². The van der Waals surface area contributed by atoms with Gasteiger partial charge < -0.3 is 19.7 Å². The van der Waals surface area contributed by atoms with Crippen LogP contribution < -0.4 is 10.1 Å². The van der Waals surface area contributed by atoms with Crippen molar-refractivity contribution >= 4 is 29.9 Å². The van der Waals surface area contributed by atoms with Crippen molar-refractivity contribution in [3.8, 4) is 5.75 Å². The standard InChI is InChI=1S/C19H28FN3O2.HI/c1-3-21-18(23-10-8-19(13-23)9-11-24-14-19)22-12-15(2)25-17-7-5-4-6-16(17)20;/h4-7,15H,3,8-14H2,1-2H3,(H,21,22);1H. The molecule has 2 saturated heterocycles. The van der Waals surface area contributed by atoms with Gasteiger partial charge in [0.25, 0.3) is 0 Å². The van der Waals surface area contributed by atoms with E-state index < -0.39 is 0 Å². The van der Waals surface area contributed by atoms with Gasteiger partial charge in [-0.2, -0.15) is 0 Å². The quantitative estimate of drug-likeness (QED) is 0.402. The summed E-state index contributed by atoms with van der Waals surface area (Å²) in [7, 11) is 0. The van der Waals surface area contributed by atoms with E-state index in [4.69, 9.17) is 14.5 Å². The highest BCUT2D eigenvalue weighted by atomic mass is 127. The van der Waals surface area contributed by atoms with Gasteiger partial charge in [0.05, 0.1) is 13.2 Å². The predicted molar refractivity (Wildman–Crippen MR) is 112 cm³/mol. The first kappa shape index (κ1) is 21.2. The average Bonchev–Trinajstić information content (AvgIpc) is 3.24. The molecule has 7 heteroatoms. The molecule has 1 N–H and O–H groups in total. The number of hydrogen-bond acceptors (Lipinski definition) is 3. The number of likely N-dealkylation sites (tertiary alicyclic amines) is 1. The van der Waals surface area contributed by atoms with Crippen LogP contribution in [-0.4, -0.2) is 56.4 Å². The molecule has 3 rings (SSSR count). The molecule has 5 nitrogen and oxygen atoms in total.